The quantitative estimate of drug-likeness (QED) is 0.606. The Labute approximate surface area is 79.6 Å². The van der Waals surface area contributed by atoms with Crippen LogP contribution in [0.2, 0.25) is 0 Å². The lowest BCUT2D eigenvalue weighted by Gasteiger charge is -2.19. The molecule has 74 valence electrons. The molecule has 0 aromatic carbocycles. The molecule has 0 radical (unpaired) electrons. The van der Waals surface area contributed by atoms with Crippen LogP contribution in [0.25, 0.3) is 0 Å². The third-order valence-electron chi connectivity index (χ3n) is 1.03. The van der Waals surface area contributed by atoms with E-state index >= 15 is 0 Å². The maximum Gasteiger partial charge on any atom is 0.327 e. The van der Waals surface area contributed by atoms with Gasteiger partial charge in [-0.25, -0.2) is 0 Å². The molecule has 12 heavy (non-hydrogen) atoms. The highest BCUT2D eigenvalue weighted by Crippen LogP contribution is 2.49. The van der Waals surface area contributed by atoms with Crippen molar-refractivity contribution < 1.29 is 13.6 Å². The van der Waals surface area contributed by atoms with Crippen LogP contribution in [-0.2, 0) is 25.4 Å². The van der Waals surface area contributed by atoms with E-state index in [9.17, 15) is 0 Å². The van der Waals surface area contributed by atoms with Crippen molar-refractivity contribution in [2.75, 3.05) is 19.8 Å². The van der Waals surface area contributed by atoms with Crippen LogP contribution in [0.3, 0.4) is 0 Å². The Morgan fingerprint density at radius 1 is 1.00 bits per heavy atom. The summed E-state index contributed by atoms with van der Waals surface area (Å²) < 4.78 is 15.8. The van der Waals surface area contributed by atoms with Gasteiger partial charge in [0.2, 0.25) is 0 Å². The molecule has 0 rings (SSSR count). The zero-order valence-corrected chi connectivity index (χ0v) is 9.62. The topological polar surface area (TPSA) is 27.7 Å². The maximum atomic E-state index is 5.34. The normalized spacial score (nSPS) is 11.9. The summed E-state index contributed by atoms with van der Waals surface area (Å²) in [5, 5.41) is 0. The molecule has 0 aliphatic carbocycles. The zero-order chi connectivity index (χ0) is 9.45. The Bertz CT molecular complexity index is 142. The van der Waals surface area contributed by atoms with Crippen molar-refractivity contribution in [1.29, 1.82) is 0 Å². The van der Waals surface area contributed by atoms with Crippen LogP contribution in [0, 0.1) is 0 Å². The molecule has 0 saturated carbocycles. The minimum atomic E-state index is -2.40. The maximum absolute atomic E-state index is 5.34. The van der Waals surface area contributed by atoms with Crippen LogP contribution in [0.1, 0.15) is 27.2 Å². The van der Waals surface area contributed by atoms with E-state index < -0.39 is 6.72 Å². The highest BCUT2D eigenvalue weighted by Gasteiger charge is 2.17. The Balaban J connectivity index is 3.90. The fourth-order valence-electron chi connectivity index (χ4n) is 0.631. The summed E-state index contributed by atoms with van der Waals surface area (Å²) in [5.41, 5.74) is 0. The van der Waals surface area contributed by atoms with Gasteiger partial charge in [-0.1, -0.05) is 6.92 Å². The molecule has 0 aliphatic rings. The molecular formula is C7H17O3PS. The lowest BCUT2D eigenvalue weighted by atomic mass is 10.5. The molecule has 0 atom stereocenters. The fraction of sp³-hybridized carbons (Fsp3) is 1.00. The predicted molar refractivity (Wildman–Crippen MR) is 53.8 cm³/mol. The molecule has 0 heterocycles. The first-order valence-corrected chi connectivity index (χ1v) is 6.77. The molecule has 0 bridgehead atoms. The summed E-state index contributed by atoms with van der Waals surface area (Å²) in [7, 11) is 0. The van der Waals surface area contributed by atoms with E-state index in [0.29, 0.717) is 19.8 Å². The molecule has 0 aromatic heterocycles. The molecule has 3 nitrogen and oxygen atoms in total. The fourth-order valence-corrected chi connectivity index (χ4v) is 2.75. The van der Waals surface area contributed by atoms with Gasteiger partial charge in [0.25, 0.3) is 0 Å². The van der Waals surface area contributed by atoms with Crippen LogP contribution in [0.15, 0.2) is 0 Å². The Kier molecular flexibility index (Phi) is 7.29. The van der Waals surface area contributed by atoms with Crippen LogP contribution < -0.4 is 0 Å². The number of rotatable bonds is 7. The highest BCUT2D eigenvalue weighted by atomic mass is 32.5. The van der Waals surface area contributed by atoms with Crippen LogP contribution in [0.5, 0.6) is 0 Å². The van der Waals surface area contributed by atoms with Crippen LogP contribution in [-0.4, -0.2) is 19.8 Å². The molecular weight excluding hydrogens is 195 g/mol. The van der Waals surface area contributed by atoms with Crippen molar-refractivity contribution in [1.82, 2.24) is 0 Å². The van der Waals surface area contributed by atoms with Gasteiger partial charge in [0.05, 0.1) is 19.8 Å². The smallest absolute Gasteiger partial charge is 0.309 e. The monoisotopic (exact) mass is 212 g/mol. The average molecular weight is 212 g/mol. The molecule has 0 aromatic rings. The van der Waals surface area contributed by atoms with E-state index in [-0.39, 0.29) is 0 Å². The summed E-state index contributed by atoms with van der Waals surface area (Å²) in [6.07, 6.45) is 0.929. The van der Waals surface area contributed by atoms with E-state index in [4.69, 9.17) is 25.4 Å². The van der Waals surface area contributed by atoms with E-state index in [2.05, 4.69) is 0 Å². The van der Waals surface area contributed by atoms with Gasteiger partial charge < -0.3 is 13.6 Å². The van der Waals surface area contributed by atoms with Gasteiger partial charge in [-0.05, 0) is 32.1 Å². The summed E-state index contributed by atoms with van der Waals surface area (Å²) in [6.45, 7) is 5.09. The van der Waals surface area contributed by atoms with Crippen LogP contribution in [0.4, 0.5) is 0 Å². The van der Waals surface area contributed by atoms with E-state index in [0.717, 1.165) is 6.42 Å². The van der Waals surface area contributed by atoms with Gasteiger partial charge in [0, 0.05) is 0 Å². The lowest BCUT2D eigenvalue weighted by molar-refractivity contribution is 0.167. The summed E-state index contributed by atoms with van der Waals surface area (Å²) >= 11 is 5.11. The molecule has 0 aliphatic heterocycles. The molecule has 0 saturated heterocycles. The summed E-state index contributed by atoms with van der Waals surface area (Å²) in [4.78, 5) is 0. The Morgan fingerprint density at radius 2 is 1.50 bits per heavy atom. The van der Waals surface area contributed by atoms with Gasteiger partial charge in [-0.3, -0.25) is 0 Å². The van der Waals surface area contributed by atoms with E-state index in [1.165, 1.54) is 0 Å². The minimum absolute atomic E-state index is 0.543. The molecule has 0 amide bonds. The largest absolute Gasteiger partial charge is 0.327 e. The highest BCUT2D eigenvalue weighted by molar-refractivity contribution is 8.07. The first-order valence-electron chi connectivity index (χ1n) is 4.22. The van der Waals surface area contributed by atoms with Crippen molar-refractivity contribution in [2.45, 2.75) is 27.2 Å². The van der Waals surface area contributed by atoms with Gasteiger partial charge in [0.1, 0.15) is 0 Å². The second-order valence-corrected chi connectivity index (χ2v) is 5.13. The Hall–Kier alpha value is 0.530. The Morgan fingerprint density at radius 3 is 1.83 bits per heavy atom. The average Bonchev–Trinajstić information content (AvgIpc) is 2.02. The standard InChI is InChI=1S/C7H17O3PS/c1-4-7-10-11(12,8-5-2)9-6-3/h4-7H2,1-3H3. The summed E-state index contributed by atoms with van der Waals surface area (Å²) in [5.74, 6) is 0. The van der Waals surface area contributed by atoms with E-state index in [1.807, 2.05) is 20.8 Å². The predicted octanol–water partition coefficient (Wildman–Crippen LogP) is 2.71. The van der Waals surface area contributed by atoms with Gasteiger partial charge >= 0.3 is 6.72 Å². The van der Waals surface area contributed by atoms with Crippen molar-refractivity contribution >= 4 is 18.5 Å². The first kappa shape index (κ1) is 12.5. The molecule has 0 fully saturated rings. The SMILES string of the molecule is CCCOP(=S)(OCC)OCC. The van der Waals surface area contributed by atoms with Gasteiger partial charge in [-0.15, -0.1) is 0 Å². The lowest BCUT2D eigenvalue weighted by Crippen LogP contribution is -2.00. The van der Waals surface area contributed by atoms with E-state index in [1.54, 1.807) is 0 Å². The molecule has 0 N–H and O–H groups in total. The van der Waals surface area contributed by atoms with Crippen molar-refractivity contribution in [3.8, 4) is 0 Å². The van der Waals surface area contributed by atoms with Gasteiger partial charge in [0.15, 0.2) is 0 Å². The third-order valence-corrected chi connectivity index (χ3v) is 3.62. The van der Waals surface area contributed by atoms with Crippen molar-refractivity contribution in [2.24, 2.45) is 0 Å². The van der Waals surface area contributed by atoms with Crippen LogP contribution >= 0.6 is 6.72 Å². The van der Waals surface area contributed by atoms with Crippen molar-refractivity contribution in [3.05, 3.63) is 0 Å². The summed E-state index contributed by atoms with van der Waals surface area (Å²) in [6, 6.07) is 0. The molecule has 0 unspecified atom stereocenters. The zero-order valence-electron chi connectivity index (χ0n) is 7.91. The second-order valence-electron chi connectivity index (χ2n) is 2.12. The second kappa shape index (κ2) is 6.98. The molecule has 0 spiro atoms. The molecule has 5 heteroatoms. The minimum Gasteiger partial charge on any atom is -0.309 e. The number of hydrogen-bond donors (Lipinski definition) is 0. The number of hydrogen-bond acceptors (Lipinski definition) is 4. The first-order chi connectivity index (χ1) is 5.68. The third kappa shape index (κ3) is 5.22. The van der Waals surface area contributed by atoms with Crippen molar-refractivity contribution in [3.63, 3.8) is 0 Å². The van der Waals surface area contributed by atoms with Gasteiger partial charge in [-0.2, -0.15) is 0 Å².